The van der Waals surface area contributed by atoms with Crippen molar-refractivity contribution in [1.82, 2.24) is 9.88 Å². The van der Waals surface area contributed by atoms with Crippen molar-refractivity contribution >= 4 is 22.4 Å². The molecular weight excluding hydrogens is 337 g/mol. The van der Waals surface area contributed by atoms with Crippen molar-refractivity contribution in [1.29, 1.82) is 0 Å². The first-order valence-electron chi connectivity index (χ1n) is 8.92. The Bertz CT molecular complexity index is 739. The Morgan fingerprint density at radius 2 is 2.00 bits per heavy atom. The Morgan fingerprint density at radius 1 is 1.24 bits per heavy atom. The van der Waals surface area contributed by atoms with E-state index in [-0.39, 0.29) is 23.6 Å². The number of halogens is 1. The van der Waals surface area contributed by atoms with Crippen LogP contribution in [-0.4, -0.2) is 28.9 Å². The molecule has 1 saturated heterocycles. The number of nitrogens with zero attached hydrogens (tertiary/aromatic N) is 2. The molecule has 1 aromatic heterocycles. The first-order chi connectivity index (χ1) is 12.2. The molecule has 1 amide bonds. The molecule has 1 aliphatic carbocycles. The summed E-state index contributed by atoms with van der Waals surface area (Å²) in [6, 6.07) is 6.45. The van der Waals surface area contributed by atoms with E-state index in [1.165, 1.54) is 42.7 Å². The number of piperidine rings is 1. The molecule has 2 fully saturated rings. The van der Waals surface area contributed by atoms with Gasteiger partial charge in [0, 0.05) is 17.8 Å². The number of likely N-dealkylation sites (tertiary alicyclic amines) is 1. The number of anilines is 1. The van der Waals surface area contributed by atoms with E-state index in [2.05, 4.69) is 15.2 Å². The summed E-state index contributed by atoms with van der Waals surface area (Å²) in [5.41, 5.74) is 2.07. The van der Waals surface area contributed by atoms with Crippen LogP contribution in [0.15, 0.2) is 29.6 Å². The monoisotopic (exact) mass is 359 g/mol. The van der Waals surface area contributed by atoms with Crippen LogP contribution in [0.25, 0.3) is 0 Å². The largest absolute Gasteiger partial charge is 0.302 e. The summed E-state index contributed by atoms with van der Waals surface area (Å²) < 4.78 is 13.0. The standard InChI is InChI=1S/C19H22FN3OS/c20-14-6-4-13(5-7-14)16-10-17(16)18(24)22-19-21-15(12-25-19)11-23-8-2-1-3-9-23/h4-7,12,16-17H,1-3,8-11H2,(H,21,22,24). The minimum absolute atomic E-state index is 0.0215. The van der Waals surface area contributed by atoms with Gasteiger partial charge in [0.2, 0.25) is 5.91 Å². The molecule has 25 heavy (non-hydrogen) atoms. The van der Waals surface area contributed by atoms with Gasteiger partial charge in [-0.15, -0.1) is 11.3 Å². The summed E-state index contributed by atoms with van der Waals surface area (Å²) in [6.07, 6.45) is 4.68. The van der Waals surface area contributed by atoms with E-state index in [4.69, 9.17) is 0 Å². The highest BCUT2D eigenvalue weighted by atomic mass is 32.1. The normalized spacial score (nSPS) is 23.4. The average Bonchev–Trinajstić information content (AvgIpc) is 3.31. The fourth-order valence-corrected chi connectivity index (χ4v) is 4.25. The number of hydrogen-bond donors (Lipinski definition) is 1. The highest BCUT2D eigenvalue weighted by Gasteiger charge is 2.44. The quantitative estimate of drug-likeness (QED) is 0.877. The Kier molecular flexibility index (Phi) is 4.81. The van der Waals surface area contributed by atoms with Gasteiger partial charge in [-0.05, 0) is 56.0 Å². The number of carbonyl (C=O) groups excluding carboxylic acids is 1. The molecule has 1 aliphatic heterocycles. The number of benzene rings is 1. The minimum Gasteiger partial charge on any atom is -0.302 e. The minimum atomic E-state index is -0.241. The second-order valence-electron chi connectivity index (χ2n) is 6.97. The Labute approximate surface area is 151 Å². The average molecular weight is 359 g/mol. The van der Waals surface area contributed by atoms with Crippen LogP contribution in [0.5, 0.6) is 0 Å². The molecule has 0 spiro atoms. The second kappa shape index (κ2) is 7.22. The Balaban J connectivity index is 1.30. The van der Waals surface area contributed by atoms with Gasteiger partial charge < -0.3 is 5.32 Å². The molecule has 0 bridgehead atoms. The fraction of sp³-hybridized carbons (Fsp3) is 0.474. The fourth-order valence-electron chi connectivity index (χ4n) is 3.54. The van der Waals surface area contributed by atoms with Gasteiger partial charge >= 0.3 is 0 Å². The van der Waals surface area contributed by atoms with E-state index < -0.39 is 0 Å². The van der Waals surface area contributed by atoms with Crippen molar-refractivity contribution in [2.24, 2.45) is 5.92 Å². The van der Waals surface area contributed by atoms with Gasteiger partial charge in [-0.1, -0.05) is 18.6 Å². The first-order valence-corrected chi connectivity index (χ1v) is 9.80. The molecule has 2 heterocycles. The predicted molar refractivity (Wildman–Crippen MR) is 97.1 cm³/mol. The van der Waals surface area contributed by atoms with Gasteiger partial charge in [-0.3, -0.25) is 9.69 Å². The number of amides is 1. The SMILES string of the molecule is O=C(Nc1nc(CN2CCCCC2)cs1)C1CC1c1ccc(F)cc1. The van der Waals surface area contributed by atoms with Crippen LogP contribution >= 0.6 is 11.3 Å². The summed E-state index contributed by atoms with van der Waals surface area (Å²) in [5.74, 6) is -0.0455. The lowest BCUT2D eigenvalue weighted by Gasteiger charge is -2.25. The third kappa shape index (κ3) is 4.07. The number of hydrogen-bond acceptors (Lipinski definition) is 4. The second-order valence-corrected chi connectivity index (χ2v) is 7.83. The molecule has 1 N–H and O–H groups in total. The number of carbonyl (C=O) groups is 1. The van der Waals surface area contributed by atoms with Gasteiger partial charge in [0.15, 0.2) is 5.13 Å². The highest BCUT2D eigenvalue weighted by molar-refractivity contribution is 7.13. The molecule has 4 nitrogen and oxygen atoms in total. The molecule has 2 aliphatic rings. The van der Waals surface area contributed by atoms with E-state index >= 15 is 0 Å². The maximum absolute atomic E-state index is 13.0. The van der Waals surface area contributed by atoms with E-state index in [1.807, 2.05) is 5.38 Å². The summed E-state index contributed by atoms with van der Waals surface area (Å²) >= 11 is 1.49. The first kappa shape index (κ1) is 16.7. The van der Waals surface area contributed by atoms with Crippen LogP contribution < -0.4 is 5.32 Å². The summed E-state index contributed by atoms with van der Waals surface area (Å²) in [6.45, 7) is 3.15. The van der Waals surface area contributed by atoms with E-state index in [1.54, 1.807) is 12.1 Å². The maximum Gasteiger partial charge on any atom is 0.229 e. The lowest BCUT2D eigenvalue weighted by Crippen LogP contribution is -2.29. The van der Waals surface area contributed by atoms with Gasteiger partial charge in [-0.25, -0.2) is 9.37 Å². The lowest BCUT2D eigenvalue weighted by atomic mass is 10.1. The van der Waals surface area contributed by atoms with Crippen LogP contribution in [0.4, 0.5) is 9.52 Å². The zero-order valence-corrected chi connectivity index (χ0v) is 14.9. The van der Waals surface area contributed by atoms with E-state index in [0.29, 0.717) is 5.13 Å². The van der Waals surface area contributed by atoms with E-state index in [9.17, 15) is 9.18 Å². The van der Waals surface area contributed by atoms with Gasteiger partial charge in [0.05, 0.1) is 5.69 Å². The molecule has 2 unspecified atom stereocenters. The third-order valence-electron chi connectivity index (χ3n) is 5.04. The molecule has 4 rings (SSSR count). The van der Waals surface area contributed by atoms with Gasteiger partial charge in [0.25, 0.3) is 0 Å². The predicted octanol–water partition coefficient (Wildman–Crippen LogP) is 4.01. The maximum atomic E-state index is 13.0. The smallest absolute Gasteiger partial charge is 0.229 e. The van der Waals surface area contributed by atoms with Crippen LogP contribution in [-0.2, 0) is 11.3 Å². The Hall–Kier alpha value is -1.79. The molecule has 6 heteroatoms. The van der Waals surface area contributed by atoms with Crippen LogP contribution in [0.1, 0.15) is 42.9 Å². The number of thiazole rings is 1. The number of aromatic nitrogens is 1. The van der Waals surface area contributed by atoms with Crippen molar-refractivity contribution in [3.05, 3.63) is 46.7 Å². The van der Waals surface area contributed by atoms with Gasteiger partial charge in [0.1, 0.15) is 5.82 Å². The number of nitrogens with one attached hydrogen (secondary N) is 1. The van der Waals surface area contributed by atoms with Crippen molar-refractivity contribution in [2.75, 3.05) is 18.4 Å². The Morgan fingerprint density at radius 3 is 2.76 bits per heavy atom. The zero-order valence-electron chi connectivity index (χ0n) is 14.1. The van der Waals surface area contributed by atoms with Crippen molar-refractivity contribution in [3.8, 4) is 0 Å². The van der Waals surface area contributed by atoms with Crippen LogP contribution in [0.3, 0.4) is 0 Å². The number of rotatable bonds is 5. The third-order valence-corrected chi connectivity index (χ3v) is 5.85. The molecule has 0 radical (unpaired) electrons. The van der Waals surface area contributed by atoms with Crippen molar-refractivity contribution in [3.63, 3.8) is 0 Å². The zero-order chi connectivity index (χ0) is 17.2. The molecule has 2 aromatic rings. The molecular formula is C19H22FN3OS. The van der Waals surface area contributed by atoms with Crippen LogP contribution in [0.2, 0.25) is 0 Å². The molecule has 2 atom stereocenters. The molecule has 1 saturated carbocycles. The van der Waals surface area contributed by atoms with Crippen molar-refractivity contribution < 1.29 is 9.18 Å². The van der Waals surface area contributed by atoms with Crippen LogP contribution in [0, 0.1) is 11.7 Å². The summed E-state index contributed by atoms with van der Waals surface area (Å²) in [5, 5.41) is 5.67. The topological polar surface area (TPSA) is 45.2 Å². The van der Waals surface area contributed by atoms with E-state index in [0.717, 1.165) is 37.3 Å². The van der Waals surface area contributed by atoms with Gasteiger partial charge in [-0.2, -0.15) is 0 Å². The molecule has 132 valence electrons. The lowest BCUT2D eigenvalue weighted by molar-refractivity contribution is -0.117. The summed E-state index contributed by atoms with van der Waals surface area (Å²) in [7, 11) is 0. The molecule has 1 aromatic carbocycles. The highest BCUT2D eigenvalue weighted by Crippen LogP contribution is 2.48. The summed E-state index contributed by atoms with van der Waals surface area (Å²) in [4.78, 5) is 19.4. The van der Waals surface area contributed by atoms with Crippen molar-refractivity contribution in [2.45, 2.75) is 38.1 Å².